The Morgan fingerprint density at radius 1 is 0.615 bits per heavy atom. The first-order valence-electron chi connectivity index (χ1n) is 9.58. The standard InChI is InChI=1S/C25H28P/c1-2-3-4-5-15-22-26(23-16-9-6-10-17-23,24-18-11-7-12-19-24)25-20-13-8-14-21-25/h5-21H,2-4,22H2,1H3/q+1. The van der Waals surface area contributed by atoms with Crippen LogP contribution in [0.4, 0.5) is 0 Å². The smallest absolute Gasteiger partial charge is 0.0849 e. The molecular weight excluding hydrogens is 331 g/mol. The number of benzene rings is 3. The van der Waals surface area contributed by atoms with E-state index in [1.54, 1.807) is 0 Å². The Morgan fingerprint density at radius 3 is 1.42 bits per heavy atom. The van der Waals surface area contributed by atoms with Crippen molar-refractivity contribution in [2.45, 2.75) is 26.2 Å². The van der Waals surface area contributed by atoms with Crippen LogP contribution < -0.4 is 15.9 Å². The fraction of sp³-hybridized carbons (Fsp3) is 0.200. The second kappa shape index (κ2) is 9.51. The van der Waals surface area contributed by atoms with E-state index in [2.05, 4.69) is 110 Å². The summed E-state index contributed by atoms with van der Waals surface area (Å²) in [5, 5.41) is 4.37. The maximum Gasteiger partial charge on any atom is 0.115 e. The summed E-state index contributed by atoms with van der Waals surface area (Å²) in [5.74, 6) is 0. The third-order valence-corrected chi connectivity index (χ3v) is 9.16. The van der Waals surface area contributed by atoms with Gasteiger partial charge >= 0.3 is 0 Å². The minimum atomic E-state index is -1.69. The van der Waals surface area contributed by atoms with Gasteiger partial charge in [0.2, 0.25) is 0 Å². The van der Waals surface area contributed by atoms with E-state index in [0.717, 1.165) is 6.16 Å². The van der Waals surface area contributed by atoms with E-state index >= 15 is 0 Å². The molecule has 0 aromatic heterocycles. The van der Waals surface area contributed by atoms with E-state index < -0.39 is 7.26 Å². The maximum atomic E-state index is 2.43. The van der Waals surface area contributed by atoms with Crippen LogP contribution in [0.3, 0.4) is 0 Å². The number of rotatable bonds is 8. The molecule has 132 valence electrons. The molecule has 0 atom stereocenters. The Hall–Kier alpha value is -2.17. The van der Waals surface area contributed by atoms with Crippen molar-refractivity contribution in [3.63, 3.8) is 0 Å². The average molecular weight is 359 g/mol. The van der Waals surface area contributed by atoms with Gasteiger partial charge in [-0.25, -0.2) is 0 Å². The summed E-state index contributed by atoms with van der Waals surface area (Å²) in [7, 11) is -1.69. The molecule has 3 rings (SSSR count). The zero-order chi connectivity index (χ0) is 18.1. The first-order chi connectivity index (χ1) is 12.9. The van der Waals surface area contributed by atoms with Crippen LogP contribution in [0, 0.1) is 0 Å². The number of unbranched alkanes of at least 4 members (excludes halogenated alkanes) is 2. The molecule has 0 unspecified atom stereocenters. The quantitative estimate of drug-likeness (QED) is 0.274. The third-order valence-electron chi connectivity index (χ3n) is 4.86. The van der Waals surface area contributed by atoms with Crippen molar-refractivity contribution < 1.29 is 0 Å². The molecule has 0 bridgehead atoms. The van der Waals surface area contributed by atoms with Crippen molar-refractivity contribution in [2.24, 2.45) is 0 Å². The van der Waals surface area contributed by atoms with Crippen LogP contribution in [0.2, 0.25) is 0 Å². The van der Waals surface area contributed by atoms with E-state index in [4.69, 9.17) is 0 Å². The third kappa shape index (κ3) is 4.14. The van der Waals surface area contributed by atoms with Gasteiger partial charge in [-0.1, -0.05) is 86.5 Å². The summed E-state index contributed by atoms with van der Waals surface area (Å²) in [6.45, 7) is 2.25. The van der Waals surface area contributed by atoms with Gasteiger partial charge in [0.25, 0.3) is 0 Å². The van der Waals surface area contributed by atoms with Gasteiger partial charge in [0.15, 0.2) is 0 Å². The van der Waals surface area contributed by atoms with Gasteiger partial charge in [0.1, 0.15) is 23.2 Å². The normalized spacial score (nSPS) is 11.7. The molecule has 26 heavy (non-hydrogen) atoms. The van der Waals surface area contributed by atoms with Crippen LogP contribution in [-0.4, -0.2) is 6.16 Å². The Balaban J connectivity index is 2.13. The zero-order valence-corrected chi connectivity index (χ0v) is 16.5. The largest absolute Gasteiger partial charge is 0.115 e. The first kappa shape index (κ1) is 18.6. The predicted octanol–water partition coefficient (Wildman–Crippen LogP) is 5.73. The minimum Gasteiger partial charge on any atom is -0.0849 e. The predicted molar refractivity (Wildman–Crippen MR) is 119 cm³/mol. The first-order valence-corrected chi connectivity index (χ1v) is 11.6. The summed E-state index contributed by atoms with van der Waals surface area (Å²) < 4.78 is 0. The van der Waals surface area contributed by atoms with Gasteiger partial charge < -0.3 is 0 Å². The molecule has 0 aliphatic heterocycles. The summed E-state index contributed by atoms with van der Waals surface area (Å²) in [6, 6.07) is 33.3. The minimum absolute atomic E-state index is 1.08. The summed E-state index contributed by atoms with van der Waals surface area (Å²) in [6.07, 6.45) is 9.58. The van der Waals surface area contributed by atoms with Crippen molar-refractivity contribution in [3.05, 3.63) is 103 Å². The van der Waals surface area contributed by atoms with Crippen LogP contribution in [-0.2, 0) is 0 Å². The molecule has 0 aliphatic carbocycles. The number of hydrogen-bond donors (Lipinski definition) is 0. The highest BCUT2D eigenvalue weighted by molar-refractivity contribution is 7.95. The van der Waals surface area contributed by atoms with Crippen LogP contribution in [0.25, 0.3) is 0 Å². The molecule has 0 nitrogen and oxygen atoms in total. The Morgan fingerprint density at radius 2 is 1.04 bits per heavy atom. The lowest BCUT2D eigenvalue weighted by atomic mass is 10.2. The molecule has 1 heteroatoms. The van der Waals surface area contributed by atoms with Gasteiger partial charge in [-0.2, -0.15) is 0 Å². The van der Waals surface area contributed by atoms with Crippen molar-refractivity contribution >= 4 is 23.2 Å². The lowest BCUT2D eigenvalue weighted by molar-refractivity contribution is 0.814. The highest BCUT2D eigenvalue weighted by Crippen LogP contribution is 2.55. The molecule has 0 saturated heterocycles. The molecule has 0 spiro atoms. The van der Waals surface area contributed by atoms with Gasteiger partial charge in [-0.3, -0.25) is 0 Å². The molecule has 0 amide bonds. The van der Waals surface area contributed by atoms with Gasteiger partial charge in [0, 0.05) is 0 Å². The number of hydrogen-bond acceptors (Lipinski definition) is 0. The van der Waals surface area contributed by atoms with Gasteiger partial charge in [-0.05, 0) is 42.8 Å². The van der Waals surface area contributed by atoms with Crippen LogP contribution in [0.15, 0.2) is 103 Å². The van der Waals surface area contributed by atoms with Gasteiger partial charge in [0.05, 0.1) is 6.16 Å². The molecule has 0 fully saturated rings. The van der Waals surface area contributed by atoms with Crippen molar-refractivity contribution in [1.82, 2.24) is 0 Å². The second-order valence-electron chi connectivity index (χ2n) is 6.61. The monoisotopic (exact) mass is 359 g/mol. The van der Waals surface area contributed by atoms with Crippen LogP contribution in [0.5, 0.6) is 0 Å². The summed E-state index contributed by atoms with van der Waals surface area (Å²) in [4.78, 5) is 0. The fourth-order valence-corrected chi connectivity index (χ4v) is 7.52. The topological polar surface area (TPSA) is 0 Å². The molecule has 0 saturated carbocycles. The van der Waals surface area contributed by atoms with E-state index in [0.29, 0.717) is 0 Å². The summed E-state index contributed by atoms with van der Waals surface area (Å²) in [5.41, 5.74) is 0. The van der Waals surface area contributed by atoms with Crippen molar-refractivity contribution in [1.29, 1.82) is 0 Å². The molecule has 0 heterocycles. The number of allylic oxidation sites excluding steroid dienone is 2. The molecule has 0 aliphatic rings. The summed E-state index contributed by atoms with van der Waals surface area (Å²) >= 11 is 0. The van der Waals surface area contributed by atoms with E-state index in [9.17, 15) is 0 Å². The van der Waals surface area contributed by atoms with Gasteiger partial charge in [-0.15, -0.1) is 0 Å². The van der Waals surface area contributed by atoms with Crippen LogP contribution >= 0.6 is 7.26 Å². The van der Waals surface area contributed by atoms with Crippen LogP contribution in [0.1, 0.15) is 26.2 Å². The Labute approximate surface area is 158 Å². The maximum absolute atomic E-state index is 2.43. The van der Waals surface area contributed by atoms with E-state index in [-0.39, 0.29) is 0 Å². The average Bonchev–Trinajstić information content (AvgIpc) is 2.73. The zero-order valence-electron chi connectivity index (χ0n) is 15.6. The SMILES string of the molecule is CCCCC=CC[P+](c1ccccc1)(c1ccccc1)c1ccccc1. The van der Waals surface area contributed by atoms with Crippen molar-refractivity contribution in [3.8, 4) is 0 Å². The van der Waals surface area contributed by atoms with Crippen molar-refractivity contribution in [2.75, 3.05) is 6.16 Å². The van der Waals surface area contributed by atoms with E-state index in [1.165, 1.54) is 35.2 Å². The van der Waals surface area contributed by atoms with E-state index in [1.807, 2.05) is 0 Å². The molecule has 3 aromatic carbocycles. The second-order valence-corrected chi connectivity index (χ2v) is 10.1. The lowest BCUT2D eigenvalue weighted by Crippen LogP contribution is -2.32. The molecular formula is C25H28P+. The molecule has 3 aromatic rings. The highest BCUT2D eigenvalue weighted by Gasteiger charge is 2.43. The highest BCUT2D eigenvalue weighted by atomic mass is 31.2. The Kier molecular flexibility index (Phi) is 6.81. The fourth-order valence-electron chi connectivity index (χ4n) is 3.48. The Bertz CT molecular complexity index is 695. The molecule has 0 radical (unpaired) electrons. The lowest BCUT2D eigenvalue weighted by Gasteiger charge is -2.26. The molecule has 0 N–H and O–H groups in total.